The maximum Gasteiger partial charge on any atom is 0.241 e. The lowest BCUT2D eigenvalue weighted by Gasteiger charge is -2.25. The van der Waals surface area contributed by atoms with Crippen molar-refractivity contribution in [1.29, 1.82) is 0 Å². The van der Waals surface area contributed by atoms with Gasteiger partial charge in [0.05, 0.1) is 6.04 Å². The first-order valence-electron chi connectivity index (χ1n) is 10.2. The van der Waals surface area contributed by atoms with Crippen molar-refractivity contribution in [2.45, 2.75) is 26.4 Å². The predicted molar refractivity (Wildman–Crippen MR) is 120 cm³/mol. The molecule has 0 radical (unpaired) electrons. The van der Waals surface area contributed by atoms with E-state index < -0.39 is 0 Å². The number of likely N-dealkylation sites (N-methyl/N-ethyl adjacent to an activating group) is 1. The second-order valence-corrected chi connectivity index (χ2v) is 7.97. The molecule has 5 heteroatoms. The molecule has 1 aliphatic carbocycles. The smallest absolute Gasteiger partial charge is 0.241 e. The van der Waals surface area contributed by atoms with Crippen LogP contribution in [0.1, 0.15) is 49.9 Å². The number of carbonyl (C=O) groups excluding carboxylic acids is 3. The third kappa shape index (κ3) is 3.92. The molecule has 4 rings (SSSR count). The lowest BCUT2D eigenvalue weighted by atomic mass is 9.84. The van der Waals surface area contributed by atoms with Gasteiger partial charge in [0.15, 0.2) is 11.6 Å². The topological polar surface area (TPSA) is 66.5 Å². The molecule has 0 saturated heterocycles. The third-order valence-corrected chi connectivity index (χ3v) is 5.91. The number of nitrogens with one attached hydrogen (secondary N) is 1. The normalized spacial score (nSPS) is 13.5. The van der Waals surface area contributed by atoms with Crippen molar-refractivity contribution in [3.8, 4) is 0 Å². The number of benzene rings is 3. The zero-order valence-corrected chi connectivity index (χ0v) is 17.8. The van der Waals surface area contributed by atoms with Crippen LogP contribution in [-0.2, 0) is 11.3 Å². The van der Waals surface area contributed by atoms with Gasteiger partial charge < -0.3 is 5.32 Å². The SMILES string of the molecule is Cc1ccccc1CN(C)[C@@H](C)C(=O)Nc1ccc2c(c1)C(=O)c1ccccc1C2=O. The molecular weight excluding hydrogens is 388 g/mol. The van der Waals surface area contributed by atoms with Gasteiger partial charge in [0.25, 0.3) is 0 Å². The van der Waals surface area contributed by atoms with Crippen molar-refractivity contribution in [3.05, 3.63) is 100 Å². The quantitative estimate of drug-likeness (QED) is 0.533. The molecule has 3 aromatic rings. The molecule has 0 heterocycles. The van der Waals surface area contributed by atoms with Gasteiger partial charge in [0.1, 0.15) is 0 Å². The van der Waals surface area contributed by atoms with Gasteiger partial charge >= 0.3 is 0 Å². The molecule has 1 atom stereocenters. The molecule has 3 aromatic carbocycles. The van der Waals surface area contributed by atoms with Crippen LogP contribution in [0, 0.1) is 6.92 Å². The molecule has 0 unspecified atom stereocenters. The monoisotopic (exact) mass is 412 g/mol. The number of nitrogens with zero attached hydrogens (tertiary/aromatic N) is 1. The van der Waals surface area contributed by atoms with Crippen LogP contribution in [-0.4, -0.2) is 35.5 Å². The van der Waals surface area contributed by atoms with Gasteiger partial charge in [0, 0.05) is 34.5 Å². The van der Waals surface area contributed by atoms with E-state index in [1.807, 2.05) is 31.0 Å². The Hall–Kier alpha value is -3.57. The molecule has 0 fully saturated rings. The van der Waals surface area contributed by atoms with Crippen LogP contribution in [0.3, 0.4) is 0 Å². The number of fused-ring (bicyclic) bond motifs is 2. The standard InChI is InChI=1S/C26H24N2O3/c1-16-8-4-5-9-18(16)15-28(3)17(2)26(31)27-19-12-13-22-23(14-19)25(30)21-11-7-6-10-20(21)24(22)29/h4-14,17H,15H2,1-3H3,(H,27,31)/t17-/m0/s1. The van der Waals surface area contributed by atoms with Gasteiger partial charge in [0.2, 0.25) is 5.91 Å². The molecular formula is C26H24N2O3. The molecule has 0 aromatic heterocycles. The van der Waals surface area contributed by atoms with Crippen LogP contribution in [0.5, 0.6) is 0 Å². The number of aryl methyl sites for hydroxylation is 1. The average molecular weight is 412 g/mol. The Labute approximate surface area is 181 Å². The molecule has 0 spiro atoms. The third-order valence-electron chi connectivity index (χ3n) is 5.91. The summed E-state index contributed by atoms with van der Waals surface area (Å²) in [5.41, 5.74) is 4.36. The second-order valence-electron chi connectivity index (χ2n) is 7.97. The summed E-state index contributed by atoms with van der Waals surface area (Å²) in [6.45, 7) is 4.55. The van der Waals surface area contributed by atoms with Gasteiger partial charge in [-0.3, -0.25) is 19.3 Å². The van der Waals surface area contributed by atoms with Crippen LogP contribution in [0.2, 0.25) is 0 Å². The molecule has 5 nitrogen and oxygen atoms in total. The molecule has 0 saturated carbocycles. The molecule has 156 valence electrons. The van der Waals surface area contributed by atoms with E-state index in [1.165, 1.54) is 11.1 Å². The summed E-state index contributed by atoms with van der Waals surface area (Å²) in [5.74, 6) is -0.550. The van der Waals surface area contributed by atoms with Gasteiger partial charge in [-0.2, -0.15) is 0 Å². The van der Waals surface area contributed by atoms with Crippen molar-refractivity contribution in [1.82, 2.24) is 4.90 Å². The number of hydrogen-bond donors (Lipinski definition) is 1. The summed E-state index contributed by atoms with van der Waals surface area (Å²) in [5, 5.41) is 2.89. The Kier molecular flexibility index (Phi) is 5.53. The maximum atomic E-state index is 12.9. The Bertz CT molecular complexity index is 1200. The van der Waals surface area contributed by atoms with E-state index in [9.17, 15) is 14.4 Å². The molecule has 0 aliphatic heterocycles. The van der Waals surface area contributed by atoms with Crippen LogP contribution in [0.4, 0.5) is 5.69 Å². The van der Waals surface area contributed by atoms with E-state index in [0.29, 0.717) is 34.5 Å². The summed E-state index contributed by atoms with van der Waals surface area (Å²) < 4.78 is 0. The van der Waals surface area contributed by atoms with Gasteiger partial charge in [-0.05, 0) is 50.2 Å². The van der Waals surface area contributed by atoms with Gasteiger partial charge in [-0.25, -0.2) is 0 Å². The van der Waals surface area contributed by atoms with Crippen molar-refractivity contribution >= 4 is 23.2 Å². The fourth-order valence-corrected chi connectivity index (χ4v) is 3.82. The number of amides is 1. The first-order chi connectivity index (χ1) is 14.9. The van der Waals surface area contributed by atoms with E-state index >= 15 is 0 Å². The Morgan fingerprint density at radius 3 is 2.13 bits per heavy atom. The highest BCUT2D eigenvalue weighted by Gasteiger charge is 2.29. The summed E-state index contributed by atoms with van der Waals surface area (Å²) in [6.07, 6.45) is 0. The molecule has 1 aliphatic rings. The van der Waals surface area contributed by atoms with Crippen molar-refractivity contribution < 1.29 is 14.4 Å². The number of anilines is 1. The molecule has 1 N–H and O–H groups in total. The molecule has 31 heavy (non-hydrogen) atoms. The van der Waals surface area contributed by atoms with E-state index in [4.69, 9.17) is 0 Å². The van der Waals surface area contributed by atoms with E-state index in [1.54, 1.807) is 42.5 Å². The van der Waals surface area contributed by atoms with Crippen LogP contribution < -0.4 is 5.32 Å². The van der Waals surface area contributed by atoms with Crippen LogP contribution >= 0.6 is 0 Å². The highest BCUT2D eigenvalue weighted by Crippen LogP contribution is 2.29. The minimum atomic E-state index is -0.381. The minimum absolute atomic E-state index is 0.172. The number of hydrogen-bond acceptors (Lipinski definition) is 4. The summed E-state index contributed by atoms with van der Waals surface area (Å²) in [7, 11) is 1.91. The maximum absolute atomic E-state index is 12.9. The Morgan fingerprint density at radius 2 is 1.45 bits per heavy atom. The zero-order valence-electron chi connectivity index (χ0n) is 17.8. The highest BCUT2D eigenvalue weighted by atomic mass is 16.2. The predicted octanol–water partition coefficient (Wildman–Crippen LogP) is 4.23. The van der Waals surface area contributed by atoms with Gasteiger partial charge in [-0.15, -0.1) is 0 Å². The van der Waals surface area contributed by atoms with Gasteiger partial charge in [-0.1, -0.05) is 48.5 Å². The largest absolute Gasteiger partial charge is 0.325 e. The summed E-state index contributed by atoms with van der Waals surface area (Å²) in [6, 6.07) is 19.4. The molecule has 1 amide bonds. The lowest BCUT2D eigenvalue weighted by Crippen LogP contribution is -2.39. The van der Waals surface area contributed by atoms with E-state index in [0.717, 1.165) is 0 Å². The van der Waals surface area contributed by atoms with Crippen molar-refractivity contribution in [3.63, 3.8) is 0 Å². The van der Waals surface area contributed by atoms with Crippen molar-refractivity contribution in [2.75, 3.05) is 12.4 Å². The van der Waals surface area contributed by atoms with Crippen LogP contribution in [0.15, 0.2) is 66.7 Å². The fourth-order valence-electron chi connectivity index (χ4n) is 3.82. The highest BCUT2D eigenvalue weighted by molar-refractivity contribution is 6.28. The molecule has 0 bridgehead atoms. The lowest BCUT2D eigenvalue weighted by molar-refractivity contribution is -0.120. The first-order valence-corrected chi connectivity index (χ1v) is 10.2. The number of ketones is 2. The Balaban J connectivity index is 1.51. The number of rotatable bonds is 5. The summed E-state index contributed by atoms with van der Waals surface area (Å²) >= 11 is 0. The zero-order chi connectivity index (χ0) is 22.1. The van der Waals surface area contributed by atoms with E-state index in [-0.39, 0.29) is 23.5 Å². The first kappa shape index (κ1) is 20.7. The Morgan fingerprint density at radius 1 is 0.871 bits per heavy atom. The number of carbonyl (C=O) groups is 3. The minimum Gasteiger partial charge on any atom is -0.325 e. The van der Waals surface area contributed by atoms with E-state index in [2.05, 4.69) is 24.4 Å². The van der Waals surface area contributed by atoms with Crippen molar-refractivity contribution in [2.24, 2.45) is 0 Å². The second kappa shape index (κ2) is 8.28. The average Bonchev–Trinajstić information content (AvgIpc) is 2.78. The fraction of sp³-hybridized carbons (Fsp3) is 0.192. The summed E-state index contributed by atoms with van der Waals surface area (Å²) in [4.78, 5) is 40.4. The van der Waals surface area contributed by atoms with Crippen LogP contribution in [0.25, 0.3) is 0 Å².